The van der Waals surface area contributed by atoms with Crippen molar-refractivity contribution in [2.75, 3.05) is 11.9 Å². The molecule has 2 N–H and O–H groups in total. The number of hydrogen-bond acceptors (Lipinski definition) is 2. The van der Waals surface area contributed by atoms with E-state index < -0.39 is 0 Å². The van der Waals surface area contributed by atoms with Crippen molar-refractivity contribution in [3.63, 3.8) is 0 Å². The average molecular weight is 360 g/mol. The zero-order chi connectivity index (χ0) is 16.8. The van der Waals surface area contributed by atoms with Crippen LogP contribution in [-0.2, 0) is 5.41 Å². The predicted molar refractivity (Wildman–Crippen MR) is 105 cm³/mol. The van der Waals surface area contributed by atoms with Gasteiger partial charge in [-0.25, -0.2) is 0 Å². The molecule has 24 heavy (non-hydrogen) atoms. The number of pyridine rings is 1. The van der Waals surface area contributed by atoms with Crippen LogP contribution in [0.1, 0.15) is 37.7 Å². The maximum Gasteiger partial charge on any atom is 0.170 e. The highest BCUT2D eigenvalue weighted by atomic mass is 35.5. The van der Waals surface area contributed by atoms with Crippen LogP contribution in [0.4, 0.5) is 5.69 Å². The topological polar surface area (TPSA) is 37.0 Å². The third kappa shape index (κ3) is 4.25. The van der Waals surface area contributed by atoms with E-state index in [4.69, 9.17) is 23.8 Å². The molecule has 0 spiro atoms. The molecule has 0 radical (unpaired) electrons. The van der Waals surface area contributed by atoms with Gasteiger partial charge in [0.2, 0.25) is 0 Å². The van der Waals surface area contributed by atoms with Gasteiger partial charge in [-0.1, -0.05) is 43.0 Å². The summed E-state index contributed by atoms with van der Waals surface area (Å²) >= 11 is 11.5. The van der Waals surface area contributed by atoms with Crippen LogP contribution in [0.25, 0.3) is 0 Å². The number of thiocarbonyl (C=S) groups is 1. The monoisotopic (exact) mass is 359 g/mol. The Bertz CT molecular complexity index is 667. The molecule has 3 rings (SSSR count). The van der Waals surface area contributed by atoms with Crippen molar-refractivity contribution in [2.45, 2.75) is 37.5 Å². The maximum atomic E-state index is 6.06. The average Bonchev–Trinajstić information content (AvgIpc) is 2.62. The zero-order valence-corrected chi connectivity index (χ0v) is 15.2. The van der Waals surface area contributed by atoms with Crippen molar-refractivity contribution < 1.29 is 0 Å². The lowest BCUT2D eigenvalue weighted by Crippen LogP contribution is -2.43. The van der Waals surface area contributed by atoms with Gasteiger partial charge < -0.3 is 10.6 Å². The molecule has 0 aliphatic heterocycles. The first-order valence-corrected chi connectivity index (χ1v) is 9.18. The predicted octanol–water partition coefficient (Wildman–Crippen LogP) is 4.92. The smallest absolute Gasteiger partial charge is 0.170 e. The van der Waals surface area contributed by atoms with Gasteiger partial charge in [0.05, 0.1) is 0 Å². The first-order valence-electron chi connectivity index (χ1n) is 8.39. The fourth-order valence-corrected chi connectivity index (χ4v) is 3.78. The van der Waals surface area contributed by atoms with Crippen molar-refractivity contribution in [1.29, 1.82) is 0 Å². The minimum atomic E-state index is 0.132. The van der Waals surface area contributed by atoms with Crippen molar-refractivity contribution in [1.82, 2.24) is 10.3 Å². The lowest BCUT2D eigenvalue weighted by Gasteiger charge is -2.38. The second kappa shape index (κ2) is 7.95. The molecule has 0 amide bonds. The van der Waals surface area contributed by atoms with Crippen molar-refractivity contribution >= 4 is 34.6 Å². The fourth-order valence-electron chi connectivity index (χ4n) is 3.46. The lowest BCUT2D eigenvalue weighted by molar-refractivity contribution is 0.292. The lowest BCUT2D eigenvalue weighted by atomic mass is 9.69. The summed E-state index contributed by atoms with van der Waals surface area (Å²) in [7, 11) is 0. The molecule has 1 aromatic heterocycles. The van der Waals surface area contributed by atoms with E-state index in [0.717, 1.165) is 17.3 Å². The van der Waals surface area contributed by atoms with Crippen LogP contribution in [0.15, 0.2) is 48.8 Å². The number of hydrogen-bond donors (Lipinski definition) is 2. The molecule has 1 aliphatic rings. The number of rotatable bonds is 4. The highest BCUT2D eigenvalue weighted by molar-refractivity contribution is 7.80. The number of benzene rings is 1. The standard InChI is InChI=1S/C19H22ClN3S/c20-16-6-4-15(5-7-16)19(10-2-1-3-11-19)14-22-18(24)23-17-8-12-21-13-9-17/h4-9,12-13H,1-3,10-11,14H2,(H2,21,22,23,24). The highest BCUT2D eigenvalue weighted by Gasteiger charge is 2.33. The second-order valence-corrected chi connectivity index (χ2v) is 7.24. The molecule has 1 aliphatic carbocycles. The number of halogens is 1. The summed E-state index contributed by atoms with van der Waals surface area (Å²) in [5.41, 5.74) is 2.44. The first kappa shape index (κ1) is 17.2. The zero-order valence-electron chi connectivity index (χ0n) is 13.6. The molecule has 0 unspecified atom stereocenters. The van der Waals surface area contributed by atoms with E-state index in [1.54, 1.807) is 12.4 Å². The molecule has 3 nitrogen and oxygen atoms in total. The molecular weight excluding hydrogens is 338 g/mol. The second-order valence-electron chi connectivity index (χ2n) is 6.39. The quantitative estimate of drug-likeness (QED) is 0.759. The summed E-state index contributed by atoms with van der Waals surface area (Å²) in [4.78, 5) is 4.02. The van der Waals surface area contributed by atoms with Crippen LogP contribution in [0, 0.1) is 0 Å². The third-order valence-electron chi connectivity index (χ3n) is 4.79. The largest absolute Gasteiger partial charge is 0.362 e. The van der Waals surface area contributed by atoms with Crippen molar-refractivity contribution in [3.05, 3.63) is 59.4 Å². The Morgan fingerprint density at radius 2 is 1.71 bits per heavy atom. The van der Waals surface area contributed by atoms with Crippen molar-refractivity contribution in [2.24, 2.45) is 0 Å². The van der Waals surface area contributed by atoms with Crippen LogP contribution in [0.2, 0.25) is 5.02 Å². The molecule has 0 saturated heterocycles. The van der Waals surface area contributed by atoms with Gasteiger partial charge in [0.25, 0.3) is 0 Å². The first-order chi connectivity index (χ1) is 11.7. The number of nitrogens with zero attached hydrogens (tertiary/aromatic N) is 1. The summed E-state index contributed by atoms with van der Waals surface area (Å²) in [5.74, 6) is 0. The number of nitrogens with one attached hydrogen (secondary N) is 2. The van der Waals surface area contributed by atoms with Gasteiger partial charge in [-0.2, -0.15) is 0 Å². The maximum absolute atomic E-state index is 6.06. The molecule has 2 aromatic rings. The van der Waals surface area contributed by atoms with E-state index in [0.29, 0.717) is 5.11 Å². The SMILES string of the molecule is S=C(NCC1(c2ccc(Cl)cc2)CCCCC1)Nc1ccncc1. The Hall–Kier alpha value is -1.65. The van der Waals surface area contributed by atoms with Crippen molar-refractivity contribution in [3.8, 4) is 0 Å². The molecule has 1 saturated carbocycles. The Morgan fingerprint density at radius 3 is 2.38 bits per heavy atom. The van der Waals surface area contributed by atoms with E-state index in [1.165, 1.54) is 37.7 Å². The van der Waals surface area contributed by atoms with E-state index in [2.05, 4.69) is 27.8 Å². The van der Waals surface area contributed by atoms with Gasteiger partial charge in [-0.15, -0.1) is 0 Å². The molecule has 1 aromatic carbocycles. The Labute approximate surface area is 153 Å². The summed E-state index contributed by atoms with van der Waals surface area (Å²) in [6, 6.07) is 12.1. The molecule has 5 heteroatoms. The van der Waals surface area contributed by atoms with E-state index >= 15 is 0 Å². The van der Waals surface area contributed by atoms with E-state index in [-0.39, 0.29) is 5.41 Å². The number of anilines is 1. The highest BCUT2D eigenvalue weighted by Crippen LogP contribution is 2.39. The molecular formula is C19H22ClN3S. The van der Waals surface area contributed by atoms with Gasteiger partial charge in [0, 0.05) is 35.1 Å². The van der Waals surface area contributed by atoms with Crippen LogP contribution in [0.3, 0.4) is 0 Å². The van der Waals surface area contributed by atoms with Crippen LogP contribution in [-0.4, -0.2) is 16.6 Å². The van der Waals surface area contributed by atoms with Crippen LogP contribution >= 0.6 is 23.8 Å². The summed E-state index contributed by atoms with van der Waals surface area (Å²) in [6.07, 6.45) is 9.69. The summed E-state index contributed by atoms with van der Waals surface area (Å²) < 4.78 is 0. The molecule has 0 atom stereocenters. The summed E-state index contributed by atoms with van der Waals surface area (Å²) in [5, 5.41) is 8.08. The fraction of sp³-hybridized carbons (Fsp3) is 0.368. The number of aromatic nitrogens is 1. The van der Waals surface area contributed by atoms with Crippen LogP contribution < -0.4 is 10.6 Å². The van der Waals surface area contributed by atoms with Gasteiger partial charge >= 0.3 is 0 Å². The summed E-state index contributed by atoms with van der Waals surface area (Å²) in [6.45, 7) is 0.839. The normalized spacial score (nSPS) is 16.4. The Balaban J connectivity index is 1.68. The molecule has 1 fully saturated rings. The minimum absolute atomic E-state index is 0.132. The van der Waals surface area contributed by atoms with Gasteiger partial charge in [-0.05, 0) is 54.9 Å². The molecule has 0 bridgehead atoms. The Morgan fingerprint density at radius 1 is 1.04 bits per heavy atom. The molecule has 126 valence electrons. The van der Waals surface area contributed by atoms with Gasteiger partial charge in [-0.3, -0.25) is 4.98 Å². The minimum Gasteiger partial charge on any atom is -0.362 e. The molecule has 1 heterocycles. The van der Waals surface area contributed by atoms with Gasteiger partial charge in [0.15, 0.2) is 5.11 Å². The van der Waals surface area contributed by atoms with E-state index in [9.17, 15) is 0 Å². The Kier molecular flexibility index (Phi) is 5.69. The third-order valence-corrected chi connectivity index (χ3v) is 5.29. The van der Waals surface area contributed by atoms with E-state index in [1.807, 2.05) is 24.3 Å². The van der Waals surface area contributed by atoms with Gasteiger partial charge in [0.1, 0.15) is 0 Å². The van der Waals surface area contributed by atoms with Crippen LogP contribution in [0.5, 0.6) is 0 Å².